The van der Waals surface area contributed by atoms with Crippen LogP contribution in [0.2, 0.25) is 0 Å². The summed E-state index contributed by atoms with van der Waals surface area (Å²) < 4.78 is 10.7. The van der Waals surface area contributed by atoms with E-state index >= 15 is 0 Å². The average Bonchev–Trinajstić information content (AvgIpc) is 3.24. The first kappa shape index (κ1) is 16.0. The Bertz CT molecular complexity index is 862. The third kappa shape index (κ3) is 3.35. The van der Waals surface area contributed by atoms with Gasteiger partial charge in [0.25, 0.3) is 0 Å². The average molecular weight is 338 g/mol. The van der Waals surface area contributed by atoms with Gasteiger partial charge in [-0.25, -0.2) is 9.97 Å². The van der Waals surface area contributed by atoms with E-state index in [0.29, 0.717) is 11.5 Å². The highest BCUT2D eigenvalue weighted by Crippen LogP contribution is 2.25. The molecule has 3 aromatic heterocycles. The van der Waals surface area contributed by atoms with Crippen molar-refractivity contribution in [3.05, 3.63) is 53.4 Å². The lowest BCUT2D eigenvalue weighted by molar-refractivity contribution is 0.234. The normalized spacial score (nSPS) is 15.3. The van der Waals surface area contributed by atoms with Crippen LogP contribution in [-0.4, -0.2) is 26.6 Å². The summed E-state index contributed by atoms with van der Waals surface area (Å²) in [6.07, 6.45) is 4.54. The van der Waals surface area contributed by atoms with Crippen LogP contribution < -0.4 is 0 Å². The van der Waals surface area contributed by atoms with Gasteiger partial charge in [0.15, 0.2) is 5.76 Å². The van der Waals surface area contributed by atoms with Crippen LogP contribution in [0.15, 0.2) is 39.6 Å². The molecule has 1 aliphatic rings. The van der Waals surface area contributed by atoms with Gasteiger partial charge in [0.05, 0.1) is 12.0 Å². The number of nitrogens with zero attached hydrogens (tertiary/aromatic N) is 4. The Labute approximate surface area is 146 Å². The molecule has 0 spiro atoms. The maximum atomic E-state index is 5.38. The van der Waals surface area contributed by atoms with E-state index in [9.17, 15) is 0 Å². The van der Waals surface area contributed by atoms with E-state index in [1.54, 1.807) is 6.26 Å². The molecule has 25 heavy (non-hydrogen) atoms. The molecule has 0 N–H and O–H groups in total. The van der Waals surface area contributed by atoms with Crippen molar-refractivity contribution < 1.29 is 8.94 Å². The number of aromatic nitrogens is 3. The second-order valence-electron chi connectivity index (χ2n) is 7.54. The molecule has 0 aromatic carbocycles. The zero-order chi connectivity index (χ0) is 17.4. The smallest absolute Gasteiger partial charge is 0.202 e. The quantitative estimate of drug-likeness (QED) is 0.727. The minimum absolute atomic E-state index is 0.0187. The van der Waals surface area contributed by atoms with E-state index in [4.69, 9.17) is 13.9 Å². The summed E-state index contributed by atoms with van der Waals surface area (Å²) in [6.45, 7) is 8.96. The van der Waals surface area contributed by atoms with Gasteiger partial charge in [-0.1, -0.05) is 25.9 Å². The zero-order valence-corrected chi connectivity index (χ0v) is 14.8. The van der Waals surface area contributed by atoms with Gasteiger partial charge in [-0.05, 0) is 12.1 Å². The predicted octanol–water partition coefficient (Wildman–Crippen LogP) is 3.58. The molecular formula is C19H22N4O2. The van der Waals surface area contributed by atoms with Gasteiger partial charge < -0.3 is 8.94 Å². The van der Waals surface area contributed by atoms with Crippen LogP contribution in [0.25, 0.3) is 11.5 Å². The van der Waals surface area contributed by atoms with Crippen molar-refractivity contribution in [2.45, 2.75) is 45.7 Å². The molecule has 0 saturated carbocycles. The third-order valence-corrected chi connectivity index (χ3v) is 4.39. The van der Waals surface area contributed by atoms with Crippen LogP contribution in [0.5, 0.6) is 0 Å². The lowest BCUT2D eigenvalue weighted by atomic mass is 9.95. The summed E-state index contributed by atoms with van der Waals surface area (Å²) in [5, 5.41) is 4.16. The zero-order valence-electron chi connectivity index (χ0n) is 14.8. The fourth-order valence-corrected chi connectivity index (χ4v) is 3.02. The van der Waals surface area contributed by atoms with Crippen LogP contribution >= 0.6 is 0 Å². The highest BCUT2D eigenvalue weighted by molar-refractivity contribution is 5.49. The van der Waals surface area contributed by atoms with Crippen LogP contribution in [-0.2, 0) is 24.9 Å². The summed E-state index contributed by atoms with van der Waals surface area (Å²) in [6, 6.07) is 5.64. The van der Waals surface area contributed by atoms with Crippen molar-refractivity contribution in [2.24, 2.45) is 0 Å². The Balaban J connectivity index is 1.46. The van der Waals surface area contributed by atoms with Gasteiger partial charge in [-0.3, -0.25) is 4.90 Å². The molecule has 0 unspecified atom stereocenters. The fourth-order valence-electron chi connectivity index (χ4n) is 3.02. The molecule has 0 fully saturated rings. The Morgan fingerprint density at radius 2 is 2.12 bits per heavy atom. The number of hydrogen-bond donors (Lipinski definition) is 0. The molecular weight excluding hydrogens is 316 g/mol. The molecule has 4 heterocycles. The van der Waals surface area contributed by atoms with Gasteiger partial charge in [-0.15, -0.1) is 0 Å². The maximum Gasteiger partial charge on any atom is 0.202 e. The Morgan fingerprint density at radius 3 is 2.88 bits per heavy atom. The van der Waals surface area contributed by atoms with Gasteiger partial charge >= 0.3 is 0 Å². The van der Waals surface area contributed by atoms with Gasteiger partial charge in [0.1, 0.15) is 5.82 Å². The molecule has 130 valence electrons. The molecule has 0 aliphatic carbocycles. The molecule has 1 aliphatic heterocycles. The maximum absolute atomic E-state index is 5.38. The van der Waals surface area contributed by atoms with Crippen molar-refractivity contribution in [2.75, 3.05) is 6.54 Å². The first-order chi connectivity index (χ1) is 12.0. The number of hydrogen-bond acceptors (Lipinski definition) is 6. The molecule has 0 bridgehead atoms. The van der Waals surface area contributed by atoms with Gasteiger partial charge in [0.2, 0.25) is 5.76 Å². The lowest BCUT2D eigenvalue weighted by Crippen LogP contribution is -2.32. The highest BCUT2D eigenvalue weighted by atomic mass is 16.5. The topological polar surface area (TPSA) is 68.2 Å². The van der Waals surface area contributed by atoms with Crippen molar-refractivity contribution in [3.63, 3.8) is 0 Å². The summed E-state index contributed by atoms with van der Waals surface area (Å²) in [5.41, 5.74) is 3.26. The molecule has 6 nitrogen and oxygen atoms in total. The van der Waals surface area contributed by atoms with Crippen molar-refractivity contribution in [1.82, 2.24) is 20.0 Å². The monoisotopic (exact) mass is 338 g/mol. The molecule has 4 rings (SSSR count). The van der Waals surface area contributed by atoms with Gasteiger partial charge in [-0.2, -0.15) is 0 Å². The van der Waals surface area contributed by atoms with E-state index in [0.717, 1.165) is 37.6 Å². The van der Waals surface area contributed by atoms with E-state index in [-0.39, 0.29) is 5.41 Å². The SMILES string of the molecule is CC(C)(C)c1ncc2c(n1)CCN(Cc1cc(-c3ccco3)on1)C2. The number of fused-ring (bicyclic) bond motifs is 1. The number of rotatable bonds is 3. The minimum Gasteiger partial charge on any atom is -0.461 e. The van der Waals surface area contributed by atoms with Crippen molar-refractivity contribution in [1.29, 1.82) is 0 Å². The fraction of sp³-hybridized carbons (Fsp3) is 0.421. The summed E-state index contributed by atoms with van der Waals surface area (Å²) in [7, 11) is 0. The second-order valence-corrected chi connectivity index (χ2v) is 7.54. The minimum atomic E-state index is -0.0187. The predicted molar refractivity (Wildman–Crippen MR) is 92.8 cm³/mol. The van der Waals surface area contributed by atoms with Crippen LogP contribution in [0.3, 0.4) is 0 Å². The molecule has 0 radical (unpaired) electrons. The highest BCUT2D eigenvalue weighted by Gasteiger charge is 2.23. The van der Waals surface area contributed by atoms with E-state index in [1.807, 2.05) is 24.4 Å². The van der Waals surface area contributed by atoms with Gasteiger partial charge in [0, 0.05) is 55.0 Å². The van der Waals surface area contributed by atoms with E-state index in [2.05, 4.69) is 35.8 Å². The molecule has 0 amide bonds. The van der Waals surface area contributed by atoms with Crippen molar-refractivity contribution >= 4 is 0 Å². The first-order valence-corrected chi connectivity index (χ1v) is 8.56. The summed E-state index contributed by atoms with van der Waals surface area (Å²) in [5.74, 6) is 2.28. The Hall–Kier alpha value is -2.47. The van der Waals surface area contributed by atoms with Crippen LogP contribution in [0, 0.1) is 0 Å². The van der Waals surface area contributed by atoms with Crippen LogP contribution in [0.4, 0.5) is 0 Å². The molecule has 6 heteroatoms. The molecule has 0 atom stereocenters. The van der Waals surface area contributed by atoms with E-state index < -0.39 is 0 Å². The standard InChI is InChI=1S/C19H22N4O2/c1-19(2,3)18-20-10-13-11-23(7-6-15(13)21-18)12-14-9-17(25-22-14)16-5-4-8-24-16/h4-5,8-10H,6-7,11-12H2,1-3H3. The largest absolute Gasteiger partial charge is 0.461 e. The number of furan rings is 1. The Kier molecular flexibility index (Phi) is 3.92. The first-order valence-electron chi connectivity index (χ1n) is 8.56. The van der Waals surface area contributed by atoms with Crippen molar-refractivity contribution in [3.8, 4) is 11.5 Å². The summed E-state index contributed by atoms with van der Waals surface area (Å²) >= 11 is 0. The second kappa shape index (κ2) is 6.11. The Morgan fingerprint density at radius 1 is 1.24 bits per heavy atom. The molecule has 3 aromatic rings. The summed E-state index contributed by atoms with van der Waals surface area (Å²) in [4.78, 5) is 11.7. The molecule has 0 saturated heterocycles. The van der Waals surface area contributed by atoms with Crippen LogP contribution in [0.1, 0.15) is 43.5 Å². The van der Waals surface area contributed by atoms with E-state index in [1.165, 1.54) is 11.3 Å². The third-order valence-electron chi connectivity index (χ3n) is 4.39. The lowest BCUT2D eigenvalue weighted by Gasteiger charge is -2.28.